The lowest BCUT2D eigenvalue weighted by atomic mass is 10.3. The van der Waals surface area contributed by atoms with Crippen LogP contribution in [-0.4, -0.2) is 30.0 Å². The molecule has 2 rings (SSSR count). The van der Waals surface area contributed by atoms with Crippen molar-refractivity contribution in [1.29, 1.82) is 0 Å². The molecule has 0 unspecified atom stereocenters. The minimum absolute atomic E-state index is 0.200. The quantitative estimate of drug-likeness (QED) is 0.910. The second kappa shape index (κ2) is 4.58. The Morgan fingerprint density at radius 1 is 1.44 bits per heavy atom. The van der Waals surface area contributed by atoms with Gasteiger partial charge in [-0.2, -0.15) is 9.40 Å². The van der Waals surface area contributed by atoms with Crippen LogP contribution in [0.15, 0.2) is 27.8 Å². The number of rotatable bonds is 4. The van der Waals surface area contributed by atoms with Crippen molar-refractivity contribution >= 4 is 10.0 Å². The number of sulfonamides is 1. The number of hydrogen-bond acceptors (Lipinski definition) is 4. The van der Waals surface area contributed by atoms with Crippen molar-refractivity contribution in [1.82, 2.24) is 14.5 Å². The van der Waals surface area contributed by atoms with Crippen molar-refractivity contribution in [2.45, 2.75) is 25.3 Å². The van der Waals surface area contributed by atoms with Crippen LogP contribution in [0.5, 0.6) is 0 Å². The van der Waals surface area contributed by atoms with Gasteiger partial charge < -0.3 is 4.42 Å². The summed E-state index contributed by atoms with van der Waals surface area (Å²) >= 11 is 0. The number of nitrogens with one attached hydrogen (secondary N) is 1. The SMILES string of the molecule is Cc1[nH]ncc1S(=O)(=O)N(C)Cc1ccoc1C. The lowest BCUT2D eigenvalue weighted by Crippen LogP contribution is -2.26. The highest BCUT2D eigenvalue weighted by Gasteiger charge is 2.24. The molecule has 0 aromatic carbocycles. The maximum atomic E-state index is 12.3. The highest BCUT2D eigenvalue weighted by atomic mass is 32.2. The molecule has 0 atom stereocenters. The maximum Gasteiger partial charge on any atom is 0.246 e. The van der Waals surface area contributed by atoms with Gasteiger partial charge in [-0.1, -0.05) is 0 Å². The highest BCUT2D eigenvalue weighted by molar-refractivity contribution is 7.89. The van der Waals surface area contributed by atoms with Gasteiger partial charge in [0.05, 0.1) is 18.2 Å². The van der Waals surface area contributed by atoms with Crippen LogP contribution in [0, 0.1) is 13.8 Å². The molecule has 18 heavy (non-hydrogen) atoms. The van der Waals surface area contributed by atoms with E-state index in [1.165, 1.54) is 17.5 Å². The second-order valence-corrected chi connectivity index (χ2v) is 6.14. The Labute approximate surface area is 106 Å². The summed E-state index contributed by atoms with van der Waals surface area (Å²) in [7, 11) is -1.99. The van der Waals surface area contributed by atoms with E-state index in [0.29, 0.717) is 5.69 Å². The van der Waals surface area contributed by atoms with E-state index in [-0.39, 0.29) is 11.4 Å². The third-order valence-electron chi connectivity index (χ3n) is 2.83. The Hall–Kier alpha value is -1.60. The molecule has 0 radical (unpaired) electrons. The summed E-state index contributed by atoms with van der Waals surface area (Å²) in [6, 6.07) is 1.77. The van der Waals surface area contributed by atoms with Crippen molar-refractivity contribution < 1.29 is 12.8 Å². The Morgan fingerprint density at radius 3 is 2.67 bits per heavy atom. The molecular weight excluding hydrogens is 254 g/mol. The number of aryl methyl sites for hydroxylation is 2. The summed E-state index contributed by atoms with van der Waals surface area (Å²) in [5, 5.41) is 6.36. The fraction of sp³-hybridized carbons (Fsp3) is 0.364. The van der Waals surface area contributed by atoms with E-state index in [2.05, 4.69) is 10.2 Å². The van der Waals surface area contributed by atoms with Crippen molar-refractivity contribution in [2.75, 3.05) is 7.05 Å². The summed E-state index contributed by atoms with van der Waals surface area (Å²) in [5.74, 6) is 0.723. The molecule has 0 saturated carbocycles. The molecule has 7 heteroatoms. The van der Waals surface area contributed by atoms with Crippen LogP contribution in [0.25, 0.3) is 0 Å². The van der Waals surface area contributed by atoms with Crippen LogP contribution in [0.1, 0.15) is 17.0 Å². The normalized spacial score (nSPS) is 12.2. The molecule has 0 aliphatic heterocycles. The van der Waals surface area contributed by atoms with Crippen LogP contribution in [0.2, 0.25) is 0 Å². The zero-order valence-corrected chi connectivity index (χ0v) is 11.3. The van der Waals surface area contributed by atoms with E-state index in [9.17, 15) is 8.42 Å². The molecule has 2 aromatic rings. The first-order valence-electron chi connectivity index (χ1n) is 5.42. The maximum absolute atomic E-state index is 12.3. The highest BCUT2D eigenvalue weighted by Crippen LogP contribution is 2.19. The van der Waals surface area contributed by atoms with Crippen LogP contribution < -0.4 is 0 Å². The van der Waals surface area contributed by atoms with Gasteiger partial charge in [-0.25, -0.2) is 8.42 Å². The molecule has 2 heterocycles. The fourth-order valence-corrected chi connectivity index (χ4v) is 2.93. The molecular formula is C11H15N3O3S. The van der Waals surface area contributed by atoms with Crippen LogP contribution in [-0.2, 0) is 16.6 Å². The number of aromatic amines is 1. The first kappa shape index (κ1) is 12.8. The third kappa shape index (κ3) is 2.19. The zero-order valence-electron chi connectivity index (χ0n) is 10.5. The fourth-order valence-electron chi connectivity index (χ4n) is 1.67. The van der Waals surface area contributed by atoms with Gasteiger partial charge in [-0.05, 0) is 19.9 Å². The summed E-state index contributed by atoms with van der Waals surface area (Å²) in [6.07, 6.45) is 2.87. The van der Waals surface area contributed by atoms with Gasteiger partial charge in [-0.15, -0.1) is 0 Å². The van der Waals surface area contributed by atoms with Gasteiger partial charge >= 0.3 is 0 Å². The molecule has 98 valence electrons. The average molecular weight is 269 g/mol. The monoisotopic (exact) mass is 269 g/mol. The minimum atomic E-state index is -3.52. The Balaban J connectivity index is 2.27. The first-order chi connectivity index (χ1) is 8.43. The van der Waals surface area contributed by atoms with Crippen molar-refractivity contribution in [2.24, 2.45) is 0 Å². The Kier molecular flexibility index (Phi) is 3.27. The molecule has 0 saturated heterocycles. The average Bonchev–Trinajstić information content (AvgIpc) is 2.88. The van der Waals surface area contributed by atoms with E-state index < -0.39 is 10.0 Å². The van der Waals surface area contributed by atoms with Gasteiger partial charge in [0.25, 0.3) is 0 Å². The topological polar surface area (TPSA) is 79.2 Å². The predicted octanol–water partition coefficient (Wildman–Crippen LogP) is 1.44. The van der Waals surface area contributed by atoms with Crippen molar-refractivity contribution in [3.8, 4) is 0 Å². The summed E-state index contributed by atoms with van der Waals surface area (Å²) in [6.45, 7) is 3.75. The largest absolute Gasteiger partial charge is 0.469 e. The van der Waals surface area contributed by atoms with Crippen LogP contribution in [0.3, 0.4) is 0 Å². The summed E-state index contributed by atoms with van der Waals surface area (Å²) < 4.78 is 31.0. The molecule has 1 N–H and O–H groups in total. The predicted molar refractivity (Wildman–Crippen MR) is 65.4 cm³/mol. The van der Waals surface area contributed by atoms with Gasteiger partial charge in [0.2, 0.25) is 10.0 Å². The van der Waals surface area contributed by atoms with Crippen molar-refractivity contribution in [3.05, 3.63) is 35.5 Å². The van der Waals surface area contributed by atoms with Crippen molar-refractivity contribution in [3.63, 3.8) is 0 Å². The standard InChI is InChI=1S/C11H15N3O3S/c1-8-11(6-12-13-8)18(15,16)14(3)7-10-4-5-17-9(10)2/h4-6H,7H2,1-3H3,(H,12,13). The number of hydrogen-bond donors (Lipinski definition) is 1. The van der Waals surface area contributed by atoms with Gasteiger partial charge in [0.15, 0.2) is 0 Å². The lowest BCUT2D eigenvalue weighted by Gasteiger charge is -2.16. The van der Waals surface area contributed by atoms with Crippen LogP contribution >= 0.6 is 0 Å². The Bertz CT molecular complexity index is 642. The minimum Gasteiger partial charge on any atom is -0.469 e. The molecule has 0 aliphatic rings. The summed E-state index contributed by atoms with van der Waals surface area (Å²) in [4.78, 5) is 0.200. The second-order valence-electron chi connectivity index (χ2n) is 4.12. The number of furan rings is 1. The van der Waals surface area contributed by atoms with E-state index >= 15 is 0 Å². The molecule has 0 amide bonds. The lowest BCUT2D eigenvalue weighted by molar-refractivity contribution is 0.458. The Morgan fingerprint density at radius 2 is 2.17 bits per heavy atom. The molecule has 0 fully saturated rings. The van der Waals surface area contributed by atoms with E-state index in [4.69, 9.17) is 4.42 Å². The number of nitrogens with zero attached hydrogens (tertiary/aromatic N) is 2. The van der Waals surface area contributed by atoms with E-state index in [0.717, 1.165) is 11.3 Å². The van der Waals surface area contributed by atoms with Crippen LogP contribution in [0.4, 0.5) is 0 Å². The first-order valence-corrected chi connectivity index (χ1v) is 6.86. The molecule has 6 nitrogen and oxygen atoms in total. The molecule has 0 aliphatic carbocycles. The number of H-pyrrole nitrogens is 1. The van der Waals surface area contributed by atoms with Gasteiger partial charge in [0, 0.05) is 19.2 Å². The van der Waals surface area contributed by atoms with Gasteiger partial charge in [-0.3, -0.25) is 5.10 Å². The van der Waals surface area contributed by atoms with Gasteiger partial charge in [0.1, 0.15) is 10.7 Å². The summed E-state index contributed by atoms with van der Waals surface area (Å²) in [5.41, 5.74) is 1.38. The smallest absolute Gasteiger partial charge is 0.246 e. The number of aromatic nitrogens is 2. The third-order valence-corrected chi connectivity index (χ3v) is 4.75. The molecule has 0 bridgehead atoms. The molecule has 0 spiro atoms. The van der Waals surface area contributed by atoms with E-state index in [1.54, 1.807) is 26.2 Å². The zero-order chi connectivity index (χ0) is 13.3. The van der Waals surface area contributed by atoms with E-state index in [1.807, 2.05) is 0 Å². The molecule has 2 aromatic heterocycles.